The number of anilines is 1. The molecule has 0 aromatic carbocycles. The lowest BCUT2D eigenvalue weighted by molar-refractivity contribution is 0.0690. The first-order valence-corrected chi connectivity index (χ1v) is 7.33. The van der Waals surface area contributed by atoms with Crippen molar-refractivity contribution < 1.29 is 14.7 Å². The van der Waals surface area contributed by atoms with Crippen LogP contribution >= 0.6 is 0 Å². The zero-order valence-electron chi connectivity index (χ0n) is 12.1. The second-order valence-electron chi connectivity index (χ2n) is 5.56. The molecule has 0 saturated heterocycles. The zero-order chi connectivity index (χ0) is 15.2. The number of pyridine rings is 1. The van der Waals surface area contributed by atoms with Crippen LogP contribution in [-0.2, 0) is 0 Å². The summed E-state index contributed by atoms with van der Waals surface area (Å²) in [5, 5.41) is 14.5. The molecule has 0 radical (unpaired) electrons. The number of aromatic carboxylic acids is 1. The molecule has 0 bridgehead atoms. The van der Waals surface area contributed by atoms with E-state index >= 15 is 0 Å². The highest BCUT2D eigenvalue weighted by atomic mass is 16.4. The normalized spacial score (nSPS) is 22.1. The molecule has 1 heterocycles. The number of hydrogen-bond acceptors (Lipinski definition) is 3. The van der Waals surface area contributed by atoms with Crippen molar-refractivity contribution in [2.75, 3.05) is 5.32 Å². The smallest absolute Gasteiger partial charge is 0.354 e. The maximum atomic E-state index is 12.0. The van der Waals surface area contributed by atoms with E-state index in [9.17, 15) is 9.59 Å². The molecule has 1 aliphatic carbocycles. The van der Waals surface area contributed by atoms with Gasteiger partial charge in [-0.15, -0.1) is 0 Å². The quantitative estimate of drug-likeness (QED) is 0.747. The van der Waals surface area contributed by atoms with Crippen LogP contribution in [-0.4, -0.2) is 28.1 Å². The molecular weight excluding hydrogens is 270 g/mol. The predicted octanol–water partition coefficient (Wildman–Crippen LogP) is 2.87. The molecule has 1 saturated carbocycles. The van der Waals surface area contributed by atoms with Gasteiger partial charge in [-0.2, -0.15) is 0 Å². The number of carboxylic acid groups (broad SMARTS) is 1. The largest absolute Gasteiger partial charge is 0.477 e. The molecule has 2 atom stereocenters. The van der Waals surface area contributed by atoms with E-state index in [0.29, 0.717) is 11.6 Å². The van der Waals surface area contributed by atoms with E-state index in [1.807, 2.05) is 0 Å². The maximum Gasteiger partial charge on any atom is 0.354 e. The number of carbonyl (C=O) groups excluding carboxylic acids is 1. The van der Waals surface area contributed by atoms with Crippen molar-refractivity contribution in [3.8, 4) is 0 Å². The molecule has 6 heteroatoms. The second kappa shape index (κ2) is 7.06. The fourth-order valence-corrected chi connectivity index (χ4v) is 2.64. The third kappa shape index (κ3) is 4.44. The molecule has 1 fully saturated rings. The molecule has 0 spiro atoms. The summed E-state index contributed by atoms with van der Waals surface area (Å²) in [5.74, 6) is -0.607. The average Bonchev–Trinajstić information content (AvgIpc) is 2.65. The highest BCUT2D eigenvalue weighted by Gasteiger charge is 2.21. The first-order chi connectivity index (χ1) is 10.1. The van der Waals surface area contributed by atoms with Gasteiger partial charge in [0.2, 0.25) is 0 Å². The fraction of sp³-hybridized carbons (Fsp3) is 0.533. The van der Waals surface area contributed by atoms with Gasteiger partial charge in [-0.25, -0.2) is 14.6 Å². The summed E-state index contributed by atoms with van der Waals surface area (Å²) in [7, 11) is 0. The second-order valence-corrected chi connectivity index (χ2v) is 5.56. The van der Waals surface area contributed by atoms with E-state index in [0.717, 1.165) is 19.3 Å². The number of nitrogens with one attached hydrogen (secondary N) is 2. The maximum absolute atomic E-state index is 12.0. The first-order valence-electron chi connectivity index (χ1n) is 7.33. The summed E-state index contributed by atoms with van der Waals surface area (Å²) in [5.41, 5.74) is 0.442. The van der Waals surface area contributed by atoms with Gasteiger partial charge in [-0.3, -0.25) is 0 Å². The van der Waals surface area contributed by atoms with Crippen molar-refractivity contribution in [2.45, 2.75) is 45.1 Å². The van der Waals surface area contributed by atoms with Gasteiger partial charge < -0.3 is 15.7 Å². The van der Waals surface area contributed by atoms with E-state index in [1.165, 1.54) is 31.2 Å². The minimum Gasteiger partial charge on any atom is -0.477 e. The van der Waals surface area contributed by atoms with Crippen molar-refractivity contribution >= 4 is 17.7 Å². The molecule has 114 valence electrons. The Balaban J connectivity index is 1.90. The number of urea groups is 1. The van der Waals surface area contributed by atoms with Gasteiger partial charge in [0.15, 0.2) is 0 Å². The molecule has 1 aromatic heterocycles. The molecule has 2 rings (SSSR count). The summed E-state index contributed by atoms with van der Waals surface area (Å²) in [6.07, 6.45) is 7.08. The van der Waals surface area contributed by atoms with Crippen LogP contribution in [0.4, 0.5) is 10.5 Å². The first kappa shape index (κ1) is 15.3. The van der Waals surface area contributed by atoms with Crippen LogP contribution in [0.1, 0.15) is 49.5 Å². The van der Waals surface area contributed by atoms with Crippen LogP contribution in [0.2, 0.25) is 0 Å². The van der Waals surface area contributed by atoms with Crippen LogP contribution in [0, 0.1) is 5.92 Å². The monoisotopic (exact) mass is 291 g/mol. The van der Waals surface area contributed by atoms with Crippen molar-refractivity contribution in [1.29, 1.82) is 0 Å². The highest BCUT2D eigenvalue weighted by Crippen LogP contribution is 2.23. The summed E-state index contributed by atoms with van der Waals surface area (Å²) < 4.78 is 0. The van der Waals surface area contributed by atoms with Crippen molar-refractivity contribution in [1.82, 2.24) is 10.3 Å². The molecule has 1 aliphatic rings. The highest BCUT2D eigenvalue weighted by molar-refractivity contribution is 5.90. The van der Waals surface area contributed by atoms with Crippen LogP contribution in [0.3, 0.4) is 0 Å². The van der Waals surface area contributed by atoms with Gasteiger partial charge in [0.1, 0.15) is 5.69 Å². The van der Waals surface area contributed by atoms with Crippen LogP contribution < -0.4 is 10.6 Å². The Morgan fingerprint density at radius 2 is 2.00 bits per heavy atom. The summed E-state index contributed by atoms with van der Waals surface area (Å²) in [4.78, 5) is 26.5. The Kier molecular flexibility index (Phi) is 5.14. The van der Waals surface area contributed by atoms with E-state index in [1.54, 1.807) is 0 Å². The lowest BCUT2D eigenvalue weighted by Crippen LogP contribution is -2.41. The lowest BCUT2D eigenvalue weighted by Gasteiger charge is -2.22. The lowest BCUT2D eigenvalue weighted by atomic mass is 9.97. The Labute approximate surface area is 124 Å². The number of carbonyl (C=O) groups is 2. The zero-order valence-corrected chi connectivity index (χ0v) is 12.1. The van der Waals surface area contributed by atoms with Gasteiger partial charge in [-0.05, 0) is 30.9 Å². The molecule has 1 aromatic rings. The van der Waals surface area contributed by atoms with E-state index in [-0.39, 0.29) is 17.8 Å². The van der Waals surface area contributed by atoms with Crippen LogP contribution in [0.15, 0.2) is 18.3 Å². The Bertz CT molecular complexity index is 501. The van der Waals surface area contributed by atoms with E-state index < -0.39 is 5.97 Å². The van der Waals surface area contributed by atoms with Crippen LogP contribution in [0.5, 0.6) is 0 Å². The number of nitrogens with zero attached hydrogens (tertiary/aromatic N) is 1. The molecule has 3 N–H and O–H groups in total. The minimum atomic E-state index is -1.08. The summed E-state index contributed by atoms with van der Waals surface area (Å²) >= 11 is 0. The minimum absolute atomic E-state index is 0.0432. The topological polar surface area (TPSA) is 91.3 Å². The van der Waals surface area contributed by atoms with Gasteiger partial charge in [0.25, 0.3) is 0 Å². The Hall–Kier alpha value is -2.11. The van der Waals surface area contributed by atoms with Crippen molar-refractivity contribution in [2.24, 2.45) is 5.92 Å². The average molecular weight is 291 g/mol. The predicted molar refractivity (Wildman–Crippen MR) is 79.4 cm³/mol. The molecule has 2 amide bonds. The molecule has 6 nitrogen and oxygen atoms in total. The third-order valence-electron chi connectivity index (χ3n) is 3.92. The number of amides is 2. The number of hydrogen-bond donors (Lipinski definition) is 3. The number of aromatic nitrogens is 1. The summed E-state index contributed by atoms with van der Waals surface area (Å²) in [6, 6.07) is 2.83. The molecule has 0 aliphatic heterocycles. The van der Waals surface area contributed by atoms with Gasteiger partial charge in [0.05, 0.1) is 11.9 Å². The Morgan fingerprint density at radius 3 is 2.67 bits per heavy atom. The number of rotatable bonds is 3. The third-order valence-corrected chi connectivity index (χ3v) is 3.92. The molecule has 21 heavy (non-hydrogen) atoms. The molecular formula is C15H21N3O3. The van der Waals surface area contributed by atoms with Gasteiger partial charge in [-0.1, -0.05) is 26.2 Å². The number of carboxylic acids is 1. The van der Waals surface area contributed by atoms with Crippen molar-refractivity contribution in [3.05, 3.63) is 24.0 Å². The SMILES string of the molecule is CC1CCCCCC1NC(=O)Nc1ccc(C(=O)O)nc1. The van der Waals surface area contributed by atoms with E-state index in [4.69, 9.17) is 5.11 Å². The summed E-state index contributed by atoms with van der Waals surface area (Å²) in [6.45, 7) is 2.17. The Morgan fingerprint density at radius 1 is 1.24 bits per heavy atom. The van der Waals surface area contributed by atoms with Gasteiger partial charge >= 0.3 is 12.0 Å². The standard InChI is InChI=1S/C15H21N3O3/c1-10-5-3-2-4-6-12(10)18-15(21)17-11-7-8-13(14(19)20)16-9-11/h7-10,12H,2-6H2,1H3,(H,19,20)(H2,17,18,21). The van der Waals surface area contributed by atoms with E-state index in [2.05, 4.69) is 22.5 Å². The molecule has 2 unspecified atom stereocenters. The van der Waals surface area contributed by atoms with Crippen molar-refractivity contribution in [3.63, 3.8) is 0 Å². The fourth-order valence-electron chi connectivity index (χ4n) is 2.64. The van der Waals surface area contributed by atoms with Gasteiger partial charge in [0, 0.05) is 6.04 Å². The van der Waals surface area contributed by atoms with Crippen LogP contribution in [0.25, 0.3) is 0 Å².